The zero-order valence-corrected chi connectivity index (χ0v) is 9.22. The number of hydrogen-bond acceptors (Lipinski definition) is 2. The molecule has 0 unspecified atom stereocenters. The van der Waals surface area contributed by atoms with Crippen molar-refractivity contribution in [3.8, 4) is 0 Å². The van der Waals surface area contributed by atoms with Gasteiger partial charge in [-0.3, -0.25) is 0 Å². The van der Waals surface area contributed by atoms with Crippen LogP contribution in [0.4, 0.5) is 4.39 Å². The van der Waals surface area contributed by atoms with E-state index in [4.69, 9.17) is 0 Å². The normalized spacial score (nSPS) is 10.5. The predicted molar refractivity (Wildman–Crippen MR) is 61.5 cm³/mol. The van der Waals surface area contributed by atoms with Gasteiger partial charge >= 0.3 is 0 Å². The van der Waals surface area contributed by atoms with Gasteiger partial charge in [0, 0.05) is 0 Å². The van der Waals surface area contributed by atoms with Crippen LogP contribution in [0.5, 0.6) is 0 Å². The SMILES string of the molecule is CNCCCNCCc1cccc(F)c1. The summed E-state index contributed by atoms with van der Waals surface area (Å²) in [6.45, 7) is 2.95. The van der Waals surface area contributed by atoms with Gasteiger partial charge in [0.2, 0.25) is 0 Å². The molecule has 2 N–H and O–H groups in total. The maximum atomic E-state index is 12.8. The molecule has 2 nitrogen and oxygen atoms in total. The summed E-state index contributed by atoms with van der Waals surface area (Å²) < 4.78 is 12.8. The summed E-state index contributed by atoms with van der Waals surface area (Å²) in [6.07, 6.45) is 2.01. The Balaban J connectivity index is 2.10. The fourth-order valence-corrected chi connectivity index (χ4v) is 1.44. The Kier molecular flexibility index (Phi) is 5.97. The van der Waals surface area contributed by atoms with Gasteiger partial charge in [-0.15, -0.1) is 0 Å². The average Bonchev–Trinajstić information content (AvgIpc) is 2.23. The van der Waals surface area contributed by atoms with E-state index in [2.05, 4.69) is 10.6 Å². The summed E-state index contributed by atoms with van der Waals surface area (Å²) >= 11 is 0. The van der Waals surface area contributed by atoms with Gasteiger partial charge in [-0.1, -0.05) is 12.1 Å². The molecule has 1 aromatic carbocycles. The van der Waals surface area contributed by atoms with E-state index in [1.807, 2.05) is 13.1 Å². The van der Waals surface area contributed by atoms with Gasteiger partial charge in [0.25, 0.3) is 0 Å². The smallest absolute Gasteiger partial charge is 0.123 e. The van der Waals surface area contributed by atoms with Crippen molar-refractivity contribution in [2.75, 3.05) is 26.7 Å². The van der Waals surface area contributed by atoms with Crippen molar-refractivity contribution in [1.82, 2.24) is 10.6 Å². The summed E-state index contributed by atoms with van der Waals surface area (Å²) in [4.78, 5) is 0. The standard InChI is InChI=1S/C12H19FN2/c1-14-7-3-8-15-9-6-11-4-2-5-12(13)10-11/h2,4-5,10,14-15H,3,6-9H2,1H3. The number of halogens is 1. The molecule has 84 valence electrons. The van der Waals surface area contributed by atoms with Crippen LogP contribution in [0.15, 0.2) is 24.3 Å². The summed E-state index contributed by atoms with van der Waals surface area (Å²) in [5.41, 5.74) is 1.05. The maximum absolute atomic E-state index is 12.8. The third kappa shape index (κ3) is 5.50. The quantitative estimate of drug-likeness (QED) is 0.667. The fraction of sp³-hybridized carbons (Fsp3) is 0.500. The highest BCUT2D eigenvalue weighted by molar-refractivity contribution is 5.16. The zero-order valence-electron chi connectivity index (χ0n) is 9.22. The Morgan fingerprint density at radius 2 is 2.07 bits per heavy atom. The molecule has 0 aliphatic heterocycles. The highest BCUT2D eigenvalue weighted by Crippen LogP contribution is 2.03. The first-order valence-corrected chi connectivity index (χ1v) is 5.42. The zero-order chi connectivity index (χ0) is 10.9. The number of hydrogen-bond donors (Lipinski definition) is 2. The summed E-state index contributed by atoms with van der Waals surface area (Å²) in [7, 11) is 1.95. The van der Waals surface area contributed by atoms with Crippen LogP contribution in [0.3, 0.4) is 0 Å². The second-order valence-electron chi connectivity index (χ2n) is 3.59. The minimum atomic E-state index is -0.150. The van der Waals surface area contributed by atoms with Crippen LogP contribution in [0.1, 0.15) is 12.0 Å². The molecule has 0 spiro atoms. The molecule has 0 radical (unpaired) electrons. The highest BCUT2D eigenvalue weighted by Gasteiger charge is 1.94. The lowest BCUT2D eigenvalue weighted by Crippen LogP contribution is -2.21. The molecule has 15 heavy (non-hydrogen) atoms. The topological polar surface area (TPSA) is 24.1 Å². The number of rotatable bonds is 7. The van der Waals surface area contributed by atoms with Gasteiger partial charge < -0.3 is 10.6 Å². The van der Waals surface area contributed by atoms with Crippen LogP contribution in [0, 0.1) is 5.82 Å². The first-order valence-electron chi connectivity index (χ1n) is 5.42. The monoisotopic (exact) mass is 210 g/mol. The molecule has 1 aromatic rings. The van der Waals surface area contributed by atoms with E-state index >= 15 is 0 Å². The molecule has 0 aliphatic rings. The average molecular weight is 210 g/mol. The van der Waals surface area contributed by atoms with Crippen LogP contribution >= 0.6 is 0 Å². The minimum Gasteiger partial charge on any atom is -0.320 e. The van der Waals surface area contributed by atoms with E-state index in [0.717, 1.165) is 38.0 Å². The van der Waals surface area contributed by atoms with Crippen molar-refractivity contribution >= 4 is 0 Å². The van der Waals surface area contributed by atoms with Gasteiger partial charge in [-0.05, 0) is 57.2 Å². The Hall–Kier alpha value is -0.930. The Bertz CT molecular complexity index is 276. The van der Waals surface area contributed by atoms with Gasteiger partial charge in [0.15, 0.2) is 0 Å². The van der Waals surface area contributed by atoms with Crippen LogP contribution < -0.4 is 10.6 Å². The molecule has 1 rings (SSSR count). The Morgan fingerprint density at radius 3 is 2.80 bits per heavy atom. The fourth-order valence-electron chi connectivity index (χ4n) is 1.44. The summed E-state index contributed by atoms with van der Waals surface area (Å²) in [5.74, 6) is -0.150. The summed E-state index contributed by atoms with van der Waals surface area (Å²) in [6, 6.07) is 6.78. The van der Waals surface area contributed by atoms with Crippen LogP contribution in [0.25, 0.3) is 0 Å². The molecule has 0 saturated heterocycles. The first kappa shape index (κ1) is 12.1. The molecule has 0 amide bonds. The van der Waals surface area contributed by atoms with Crippen molar-refractivity contribution in [2.24, 2.45) is 0 Å². The van der Waals surface area contributed by atoms with Gasteiger partial charge in [0.1, 0.15) is 5.82 Å². The largest absolute Gasteiger partial charge is 0.320 e. The van der Waals surface area contributed by atoms with Gasteiger partial charge in [-0.2, -0.15) is 0 Å². The van der Waals surface area contributed by atoms with Gasteiger partial charge in [0.05, 0.1) is 0 Å². The Labute approximate surface area is 90.9 Å². The van der Waals surface area contributed by atoms with Crippen molar-refractivity contribution in [3.63, 3.8) is 0 Å². The minimum absolute atomic E-state index is 0.150. The van der Waals surface area contributed by atoms with Crippen molar-refractivity contribution < 1.29 is 4.39 Å². The lowest BCUT2D eigenvalue weighted by atomic mass is 10.1. The molecule has 0 atom stereocenters. The molecule has 0 fully saturated rings. The second-order valence-corrected chi connectivity index (χ2v) is 3.59. The second kappa shape index (κ2) is 7.37. The van der Waals surface area contributed by atoms with E-state index < -0.39 is 0 Å². The van der Waals surface area contributed by atoms with E-state index in [1.54, 1.807) is 12.1 Å². The predicted octanol–water partition coefficient (Wildman–Crippen LogP) is 1.57. The lowest BCUT2D eigenvalue weighted by molar-refractivity contribution is 0.614. The lowest BCUT2D eigenvalue weighted by Gasteiger charge is -2.04. The third-order valence-electron chi connectivity index (χ3n) is 2.26. The molecular weight excluding hydrogens is 191 g/mol. The van der Waals surface area contributed by atoms with E-state index in [0.29, 0.717) is 0 Å². The van der Waals surface area contributed by atoms with E-state index in [1.165, 1.54) is 6.07 Å². The molecule has 0 heterocycles. The van der Waals surface area contributed by atoms with E-state index in [9.17, 15) is 4.39 Å². The molecule has 0 aromatic heterocycles. The first-order chi connectivity index (χ1) is 7.33. The third-order valence-corrected chi connectivity index (χ3v) is 2.26. The molecular formula is C12H19FN2. The van der Waals surface area contributed by atoms with Crippen molar-refractivity contribution in [3.05, 3.63) is 35.6 Å². The number of nitrogens with one attached hydrogen (secondary N) is 2. The van der Waals surface area contributed by atoms with E-state index in [-0.39, 0.29) is 5.82 Å². The summed E-state index contributed by atoms with van der Waals surface area (Å²) in [5, 5.41) is 6.42. The maximum Gasteiger partial charge on any atom is 0.123 e. The van der Waals surface area contributed by atoms with Crippen molar-refractivity contribution in [2.45, 2.75) is 12.8 Å². The highest BCUT2D eigenvalue weighted by atomic mass is 19.1. The molecule has 0 saturated carbocycles. The van der Waals surface area contributed by atoms with Gasteiger partial charge in [-0.25, -0.2) is 4.39 Å². The molecule has 3 heteroatoms. The van der Waals surface area contributed by atoms with Crippen molar-refractivity contribution in [1.29, 1.82) is 0 Å². The van der Waals surface area contributed by atoms with Crippen LogP contribution in [-0.4, -0.2) is 26.7 Å². The van der Waals surface area contributed by atoms with Crippen LogP contribution in [-0.2, 0) is 6.42 Å². The van der Waals surface area contributed by atoms with Crippen LogP contribution in [0.2, 0.25) is 0 Å². The molecule has 0 bridgehead atoms. The molecule has 0 aliphatic carbocycles. The Morgan fingerprint density at radius 1 is 1.20 bits per heavy atom. The number of benzene rings is 1.